The van der Waals surface area contributed by atoms with Gasteiger partial charge in [0.15, 0.2) is 0 Å². The van der Waals surface area contributed by atoms with Crippen LogP contribution in [0.2, 0.25) is 0 Å². The molecule has 2 heterocycles. The zero-order chi connectivity index (χ0) is 15.1. The third-order valence-corrected chi connectivity index (χ3v) is 4.92. The summed E-state index contributed by atoms with van der Waals surface area (Å²) in [5.74, 6) is 0.176. The van der Waals surface area contributed by atoms with Gasteiger partial charge in [0.05, 0.1) is 6.04 Å². The minimum atomic E-state index is 0.176. The van der Waals surface area contributed by atoms with Crippen molar-refractivity contribution < 1.29 is 4.79 Å². The zero-order valence-electron chi connectivity index (χ0n) is 12.8. The predicted molar refractivity (Wildman–Crippen MR) is 88.0 cm³/mol. The predicted octanol–water partition coefficient (Wildman–Crippen LogP) is 3.00. The molecule has 0 saturated carbocycles. The van der Waals surface area contributed by atoms with E-state index < -0.39 is 0 Å². The van der Waals surface area contributed by atoms with Crippen LogP contribution in [0.25, 0.3) is 0 Å². The first-order chi connectivity index (χ1) is 10.7. The van der Waals surface area contributed by atoms with E-state index in [0.717, 1.165) is 26.1 Å². The molecular weight excluding hydrogens is 272 g/mol. The maximum absolute atomic E-state index is 11.8. The fraction of sp³-hybridized carbons (Fsp3) is 0.316. The molecule has 0 spiro atoms. The van der Waals surface area contributed by atoms with Crippen molar-refractivity contribution in [2.45, 2.75) is 19.4 Å². The quantitative estimate of drug-likeness (QED) is 0.745. The number of carbonyl (C=O) groups excluding carboxylic acids is 1. The minimum Gasteiger partial charge on any atom is -0.361 e. The number of amides is 1. The highest BCUT2D eigenvalue weighted by molar-refractivity contribution is 5.74. The van der Waals surface area contributed by atoms with E-state index in [0.29, 0.717) is 0 Å². The molecule has 4 rings (SSSR count). The molecule has 2 aliphatic heterocycles. The largest absolute Gasteiger partial charge is 0.361 e. The van der Waals surface area contributed by atoms with E-state index in [1.807, 2.05) is 4.90 Å². The normalized spacial score (nSPS) is 19.8. The van der Waals surface area contributed by atoms with Gasteiger partial charge in [0.2, 0.25) is 5.91 Å². The van der Waals surface area contributed by atoms with Crippen LogP contribution < -0.4 is 4.90 Å². The Morgan fingerprint density at radius 1 is 1.00 bits per heavy atom. The van der Waals surface area contributed by atoms with Crippen LogP contribution in [0.1, 0.15) is 29.7 Å². The lowest BCUT2D eigenvalue weighted by molar-refractivity contribution is -0.129. The highest BCUT2D eigenvalue weighted by Crippen LogP contribution is 2.38. The molecule has 0 bridgehead atoms. The molecule has 22 heavy (non-hydrogen) atoms. The third kappa shape index (κ3) is 2.08. The van der Waals surface area contributed by atoms with Gasteiger partial charge in [-0.3, -0.25) is 4.79 Å². The number of fused-ring (bicyclic) bond motifs is 5. The molecule has 0 radical (unpaired) electrons. The van der Waals surface area contributed by atoms with Crippen LogP contribution >= 0.6 is 0 Å². The Balaban J connectivity index is 1.85. The summed E-state index contributed by atoms with van der Waals surface area (Å²) < 4.78 is 0. The average Bonchev–Trinajstić information content (AvgIpc) is 2.69. The number of benzene rings is 2. The zero-order valence-corrected chi connectivity index (χ0v) is 12.8. The first kappa shape index (κ1) is 13.4. The van der Waals surface area contributed by atoms with E-state index in [4.69, 9.17) is 0 Å². The van der Waals surface area contributed by atoms with Crippen LogP contribution in [0, 0.1) is 0 Å². The summed E-state index contributed by atoms with van der Waals surface area (Å²) in [6.45, 7) is 4.16. The van der Waals surface area contributed by atoms with Crippen molar-refractivity contribution in [2.24, 2.45) is 0 Å². The summed E-state index contributed by atoms with van der Waals surface area (Å²) in [6.07, 6.45) is 0.972. The molecule has 3 heteroatoms. The Hall–Kier alpha value is -2.29. The lowest BCUT2D eigenvalue weighted by Crippen LogP contribution is -2.50. The van der Waals surface area contributed by atoms with Crippen molar-refractivity contribution in [2.75, 3.05) is 24.5 Å². The van der Waals surface area contributed by atoms with Crippen molar-refractivity contribution >= 4 is 11.6 Å². The Morgan fingerprint density at radius 2 is 1.73 bits per heavy atom. The standard InChI is InChI=1S/C19H20N2O/c1-14(22)20-10-11-21-18-9-5-3-7-16(18)12-15-6-2-4-8-17(15)19(21)13-20/h2-9,19H,10-13H2,1H3. The fourth-order valence-electron chi connectivity index (χ4n) is 3.79. The van der Waals surface area contributed by atoms with E-state index in [2.05, 4.69) is 53.4 Å². The van der Waals surface area contributed by atoms with Crippen LogP contribution in [0.15, 0.2) is 48.5 Å². The SMILES string of the molecule is CC(=O)N1CCN2c3ccccc3Cc3ccccc3C2C1. The molecule has 1 atom stereocenters. The van der Waals surface area contributed by atoms with Crippen molar-refractivity contribution in [1.82, 2.24) is 4.90 Å². The van der Waals surface area contributed by atoms with Gasteiger partial charge < -0.3 is 9.80 Å². The van der Waals surface area contributed by atoms with Crippen molar-refractivity contribution in [3.8, 4) is 0 Å². The van der Waals surface area contributed by atoms with Gasteiger partial charge in [-0.2, -0.15) is 0 Å². The van der Waals surface area contributed by atoms with E-state index in [9.17, 15) is 4.79 Å². The van der Waals surface area contributed by atoms with Gasteiger partial charge in [-0.1, -0.05) is 42.5 Å². The topological polar surface area (TPSA) is 23.6 Å². The Kier molecular flexibility index (Phi) is 3.14. The molecule has 1 amide bonds. The second-order valence-corrected chi connectivity index (χ2v) is 6.18. The summed E-state index contributed by atoms with van der Waals surface area (Å²) in [7, 11) is 0. The molecule has 1 fully saturated rings. The van der Waals surface area contributed by atoms with Crippen molar-refractivity contribution in [3.05, 3.63) is 65.2 Å². The number of carbonyl (C=O) groups is 1. The lowest BCUT2D eigenvalue weighted by atomic mass is 9.96. The fourth-order valence-corrected chi connectivity index (χ4v) is 3.79. The van der Waals surface area contributed by atoms with Crippen LogP contribution in [0.5, 0.6) is 0 Å². The van der Waals surface area contributed by atoms with Gasteiger partial charge >= 0.3 is 0 Å². The van der Waals surface area contributed by atoms with Gasteiger partial charge in [0.25, 0.3) is 0 Å². The molecule has 1 unspecified atom stereocenters. The molecule has 112 valence electrons. The van der Waals surface area contributed by atoms with Crippen molar-refractivity contribution in [3.63, 3.8) is 0 Å². The highest BCUT2D eigenvalue weighted by atomic mass is 16.2. The average molecular weight is 292 g/mol. The summed E-state index contributed by atoms with van der Waals surface area (Å²) in [6, 6.07) is 17.6. The molecule has 0 aliphatic carbocycles. The smallest absolute Gasteiger partial charge is 0.219 e. The first-order valence-corrected chi connectivity index (χ1v) is 7.92. The Labute approximate surface area is 131 Å². The van der Waals surface area contributed by atoms with Gasteiger partial charge in [-0.25, -0.2) is 0 Å². The van der Waals surface area contributed by atoms with Crippen molar-refractivity contribution in [1.29, 1.82) is 0 Å². The Morgan fingerprint density at radius 3 is 2.55 bits per heavy atom. The summed E-state index contributed by atoms with van der Waals surface area (Å²) in [5.41, 5.74) is 5.46. The summed E-state index contributed by atoms with van der Waals surface area (Å²) in [4.78, 5) is 16.3. The number of hydrogen-bond acceptors (Lipinski definition) is 2. The first-order valence-electron chi connectivity index (χ1n) is 7.92. The van der Waals surface area contributed by atoms with E-state index in [-0.39, 0.29) is 11.9 Å². The number of nitrogens with zero attached hydrogens (tertiary/aromatic N) is 2. The molecule has 2 aliphatic rings. The van der Waals surface area contributed by atoms with Gasteiger partial charge in [-0.15, -0.1) is 0 Å². The molecule has 0 aromatic heterocycles. The van der Waals surface area contributed by atoms with E-state index in [1.54, 1.807) is 6.92 Å². The van der Waals surface area contributed by atoms with E-state index >= 15 is 0 Å². The second-order valence-electron chi connectivity index (χ2n) is 6.18. The molecule has 3 nitrogen and oxygen atoms in total. The van der Waals surface area contributed by atoms with E-state index in [1.165, 1.54) is 22.4 Å². The number of hydrogen-bond donors (Lipinski definition) is 0. The molecule has 2 aromatic carbocycles. The molecule has 1 saturated heterocycles. The number of anilines is 1. The Bertz CT molecular complexity index is 725. The number of para-hydroxylation sites is 1. The second kappa shape index (κ2) is 5.16. The van der Waals surface area contributed by atoms with Gasteiger partial charge in [-0.05, 0) is 29.2 Å². The van der Waals surface area contributed by atoms with Crippen LogP contribution in [0.3, 0.4) is 0 Å². The maximum atomic E-state index is 11.8. The molecule has 2 aromatic rings. The molecular formula is C19H20N2O. The highest BCUT2D eigenvalue weighted by Gasteiger charge is 2.33. The summed E-state index contributed by atoms with van der Waals surface area (Å²) in [5, 5.41) is 0. The van der Waals surface area contributed by atoms with Crippen LogP contribution in [-0.2, 0) is 11.2 Å². The molecule has 0 N–H and O–H groups in total. The maximum Gasteiger partial charge on any atom is 0.219 e. The number of rotatable bonds is 0. The monoisotopic (exact) mass is 292 g/mol. The summed E-state index contributed by atoms with van der Waals surface area (Å²) >= 11 is 0. The van der Waals surface area contributed by atoms with Gasteiger partial charge in [0, 0.05) is 32.2 Å². The minimum absolute atomic E-state index is 0.176. The third-order valence-electron chi connectivity index (χ3n) is 4.92. The van der Waals surface area contributed by atoms with Crippen LogP contribution in [0.4, 0.5) is 5.69 Å². The van der Waals surface area contributed by atoms with Crippen LogP contribution in [-0.4, -0.2) is 30.4 Å². The number of piperazine rings is 1. The lowest BCUT2D eigenvalue weighted by Gasteiger charge is -2.42. The van der Waals surface area contributed by atoms with Gasteiger partial charge in [0.1, 0.15) is 0 Å².